The van der Waals surface area contributed by atoms with Crippen molar-refractivity contribution in [2.45, 2.75) is 0 Å². The smallest absolute Gasteiger partial charge is 0.255 e. The van der Waals surface area contributed by atoms with Crippen LogP contribution in [0.25, 0.3) is 55.8 Å². The molecule has 0 unspecified atom stereocenters. The van der Waals surface area contributed by atoms with Gasteiger partial charge in [0, 0.05) is 64.2 Å². The first-order chi connectivity index (χ1) is 19.2. The SMILES string of the molecule is O=C(Nc1cncc(-c2cnc3[nH]cc(-c4nc5c(-c6ccccn6)cncc5[nH]4)c3c2)c1)c1ccccc1. The van der Waals surface area contributed by atoms with Gasteiger partial charge in [-0.15, -0.1) is 0 Å². The van der Waals surface area contributed by atoms with Crippen LogP contribution in [0.1, 0.15) is 10.4 Å². The van der Waals surface area contributed by atoms with Crippen molar-refractivity contribution in [3.63, 3.8) is 0 Å². The lowest BCUT2D eigenvalue weighted by molar-refractivity contribution is 0.102. The third kappa shape index (κ3) is 4.17. The molecule has 0 bridgehead atoms. The van der Waals surface area contributed by atoms with Gasteiger partial charge in [-0.1, -0.05) is 24.3 Å². The number of carbonyl (C=O) groups is 1. The number of anilines is 1. The number of nitrogens with zero attached hydrogens (tertiary/aromatic N) is 5. The maximum absolute atomic E-state index is 12.6. The van der Waals surface area contributed by atoms with E-state index >= 15 is 0 Å². The highest BCUT2D eigenvalue weighted by molar-refractivity contribution is 6.04. The van der Waals surface area contributed by atoms with Crippen LogP contribution in [0, 0.1) is 0 Å². The molecule has 186 valence electrons. The number of nitrogens with one attached hydrogen (secondary N) is 3. The summed E-state index contributed by atoms with van der Waals surface area (Å²) in [7, 11) is 0. The Morgan fingerprint density at radius 1 is 0.795 bits per heavy atom. The third-order valence-electron chi connectivity index (χ3n) is 6.49. The molecule has 0 aliphatic carbocycles. The maximum Gasteiger partial charge on any atom is 0.255 e. The van der Waals surface area contributed by atoms with Crippen molar-refractivity contribution in [3.8, 4) is 33.8 Å². The van der Waals surface area contributed by atoms with Gasteiger partial charge in [0.1, 0.15) is 17.0 Å². The highest BCUT2D eigenvalue weighted by Gasteiger charge is 2.16. The second kappa shape index (κ2) is 9.31. The van der Waals surface area contributed by atoms with Crippen LogP contribution < -0.4 is 5.32 Å². The normalized spacial score (nSPS) is 11.2. The van der Waals surface area contributed by atoms with Crippen molar-refractivity contribution in [1.29, 1.82) is 0 Å². The number of H-pyrrole nitrogens is 2. The second-order valence-corrected chi connectivity index (χ2v) is 8.99. The highest BCUT2D eigenvalue weighted by atomic mass is 16.1. The van der Waals surface area contributed by atoms with Gasteiger partial charge < -0.3 is 15.3 Å². The Kier molecular flexibility index (Phi) is 5.37. The molecule has 0 atom stereocenters. The standard InChI is InChI=1S/C30H20N8O/c39-30(18-6-2-1-3-7-18)36-21-10-19(12-31-14-21)20-11-22-23(16-35-28(22)34-13-20)29-37-26-17-32-15-24(27(26)38-29)25-8-4-5-9-33-25/h1-17H,(H,34,35)(H,36,39)(H,37,38). The van der Waals surface area contributed by atoms with Crippen molar-refractivity contribution in [2.24, 2.45) is 0 Å². The molecular weight excluding hydrogens is 488 g/mol. The summed E-state index contributed by atoms with van der Waals surface area (Å²) in [5.41, 5.74) is 7.76. The number of hydrogen-bond donors (Lipinski definition) is 3. The number of pyridine rings is 4. The van der Waals surface area contributed by atoms with Crippen LogP contribution in [0.2, 0.25) is 0 Å². The lowest BCUT2D eigenvalue weighted by Crippen LogP contribution is -2.11. The molecule has 7 aromatic rings. The molecule has 1 aromatic carbocycles. The number of carbonyl (C=O) groups excluding carboxylic acids is 1. The minimum absolute atomic E-state index is 0.194. The van der Waals surface area contributed by atoms with Crippen LogP contribution in [0.4, 0.5) is 5.69 Å². The molecule has 3 N–H and O–H groups in total. The van der Waals surface area contributed by atoms with Gasteiger partial charge in [-0.25, -0.2) is 9.97 Å². The zero-order valence-corrected chi connectivity index (χ0v) is 20.5. The Morgan fingerprint density at radius 3 is 2.51 bits per heavy atom. The van der Waals surface area contributed by atoms with Crippen molar-refractivity contribution >= 4 is 33.7 Å². The molecule has 0 spiro atoms. The molecule has 39 heavy (non-hydrogen) atoms. The topological polar surface area (TPSA) is 125 Å². The first kappa shape index (κ1) is 22.5. The van der Waals surface area contributed by atoms with Crippen molar-refractivity contribution in [1.82, 2.24) is 34.9 Å². The first-order valence-corrected chi connectivity index (χ1v) is 12.3. The minimum atomic E-state index is -0.194. The zero-order chi connectivity index (χ0) is 26.2. The summed E-state index contributed by atoms with van der Waals surface area (Å²) in [5, 5.41) is 3.82. The quantitative estimate of drug-likeness (QED) is 0.267. The summed E-state index contributed by atoms with van der Waals surface area (Å²) in [6.45, 7) is 0. The Bertz CT molecular complexity index is 1960. The molecule has 0 saturated carbocycles. The Balaban J connectivity index is 1.25. The Morgan fingerprint density at radius 2 is 1.64 bits per heavy atom. The lowest BCUT2D eigenvalue weighted by Gasteiger charge is -2.07. The van der Waals surface area contributed by atoms with Crippen LogP contribution in [-0.2, 0) is 0 Å². The van der Waals surface area contributed by atoms with Gasteiger partial charge in [-0.3, -0.25) is 19.7 Å². The number of fused-ring (bicyclic) bond motifs is 2. The van der Waals surface area contributed by atoms with Crippen LogP contribution in [0.5, 0.6) is 0 Å². The van der Waals surface area contributed by atoms with Gasteiger partial charge in [0.05, 0.1) is 29.3 Å². The molecule has 6 heterocycles. The molecule has 0 saturated heterocycles. The number of benzene rings is 1. The highest BCUT2D eigenvalue weighted by Crippen LogP contribution is 2.33. The van der Waals surface area contributed by atoms with Gasteiger partial charge in [-0.05, 0) is 36.4 Å². The van der Waals surface area contributed by atoms with Gasteiger partial charge in [0.25, 0.3) is 5.91 Å². The van der Waals surface area contributed by atoms with Gasteiger partial charge >= 0.3 is 0 Å². The minimum Gasteiger partial charge on any atom is -0.345 e. The van der Waals surface area contributed by atoms with E-state index in [0.29, 0.717) is 17.1 Å². The van der Waals surface area contributed by atoms with Crippen LogP contribution in [0.15, 0.2) is 104 Å². The lowest BCUT2D eigenvalue weighted by atomic mass is 10.1. The predicted octanol–water partition coefficient (Wildman–Crippen LogP) is 5.88. The Labute approximate surface area is 222 Å². The number of aromatic nitrogens is 7. The first-order valence-electron chi connectivity index (χ1n) is 12.3. The molecule has 9 heteroatoms. The van der Waals surface area contributed by atoms with Gasteiger partial charge in [-0.2, -0.15) is 0 Å². The predicted molar refractivity (Wildman–Crippen MR) is 150 cm³/mol. The summed E-state index contributed by atoms with van der Waals surface area (Å²) < 4.78 is 0. The molecule has 0 radical (unpaired) electrons. The summed E-state index contributed by atoms with van der Waals surface area (Å²) in [4.78, 5) is 42.0. The van der Waals surface area contributed by atoms with Crippen LogP contribution in [0.3, 0.4) is 0 Å². The summed E-state index contributed by atoms with van der Waals surface area (Å²) in [5.74, 6) is 0.503. The summed E-state index contributed by atoms with van der Waals surface area (Å²) >= 11 is 0. The molecule has 0 fully saturated rings. The van der Waals surface area contributed by atoms with E-state index in [2.05, 4.69) is 35.2 Å². The number of imidazole rings is 1. The van der Waals surface area contributed by atoms with Crippen molar-refractivity contribution < 1.29 is 4.79 Å². The molecular formula is C30H20N8O. The average Bonchev–Trinajstić information content (AvgIpc) is 3.62. The number of aromatic amines is 2. The zero-order valence-electron chi connectivity index (χ0n) is 20.5. The van der Waals surface area contributed by atoms with E-state index in [4.69, 9.17) is 4.98 Å². The summed E-state index contributed by atoms with van der Waals surface area (Å²) in [6, 6.07) is 18.8. The van der Waals surface area contributed by atoms with E-state index in [-0.39, 0.29) is 5.91 Å². The fourth-order valence-corrected chi connectivity index (χ4v) is 4.59. The van der Waals surface area contributed by atoms with E-state index in [9.17, 15) is 4.79 Å². The second-order valence-electron chi connectivity index (χ2n) is 8.99. The van der Waals surface area contributed by atoms with Crippen molar-refractivity contribution in [2.75, 3.05) is 5.32 Å². The average molecular weight is 509 g/mol. The molecule has 9 nitrogen and oxygen atoms in total. The van der Waals surface area contributed by atoms with Crippen molar-refractivity contribution in [3.05, 3.63) is 110 Å². The molecule has 0 aliphatic heterocycles. The maximum atomic E-state index is 12.6. The largest absolute Gasteiger partial charge is 0.345 e. The molecule has 7 rings (SSSR count). The summed E-state index contributed by atoms with van der Waals surface area (Å²) in [6.07, 6.45) is 12.3. The van der Waals surface area contributed by atoms with Gasteiger partial charge in [0.15, 0.2) is 0 Å². The third-order valence-corrected chi connectivity index (χ3v) is 6.49. The van der Waals surface area contributed by atoms with E-state index in [0.717, 1.165) is 50.0 Å². The Hall–Kier alpha value is -5.70. The van der Waals surface area contributed by atoms with E-state index in [1.54, 1.807) is 49.3 Å². The number of hydrogen-bond acceptors (Lipinski definition) is 6. The van der Waals surface area contributed by atoms with E-state index < -0.39 is 0 Å². The van der Waals surface area contributed by atoms with Gasteiger partial charge in [0.2, 0.25) is 0 Å². The van der Waals surface area contributed by atoms with Crippen LogP contribution in [-0.4, -0.2) is 40.8 Å². The van der Waals surface area contributed by atoms with Crippen LogP contribution >= 0.6 is 0 Å². The number of amides is 1. The monoisotopic (exact) mass is 508 g/mol. The fourth-order valence-electron chi connectivity index (χ4n) is 4.59. The fraction of sp³-hybridized carbons (Fsp3) is 0. The molecule has 0 aliphatic rings. The van der Waals surface area contributed by atoms with E-state index in [1.165, 1.54) is 0 Å². The molecule has 1 amide bonds. The van der Waals surface area contributed by atoms with E-state index in [1.807, 2.05) is 54.7 Å². The number of rotatable bonds is 5. The molecule has 6 aromatic heterocycles.